The van der Waals surface area contributed by atoms with Crippen LogP contribution < -0.4 is 20.1 Å². The van der Waals surface area contributed by atoms with Crippen molar-refractivity contribution in [3.63, 3.8) is 0 Å². The van der Waals surface area contributed by atoms with Crippen LogP contribution in [0.5, 0.6) is 11.5 Å². The average molecular weight is 466 g/mol. The molecule has 0 atom stereocenters. The standard InChI is InChI=1S/C23H23N5O4S/c1-14-5-4-6-15(11-14)20-26-23-28(27-20)17(13-33-23)9-10-24-21(29)22(30)25-16-7-8-18(31-2)19(12-16)32-3/h4-8,11-13H,9-10H2,1-3H3,(H,24,29)(H,25,30). The molecule has 0 aliphatic heterocycles. The molecule has 2 heterocycles. The summed E-state index contributed by atoms with van der Waals surface area (Å²) in [6.07, 6.45) is 0.506. The van der Waals surface area contributed by atoms with Gasteiger partial charge >= 0.3 is 11.8 Å². The van der Waals surface area contributed by atoms with Gasteiger partial charge < -0.3 is 20.1 Å². The molecular formula is C23H23N5O4S. The quantitative estimate of drug-likeness (QED) is 0.406. The van der Waals surface area contributed by atoms with Gasteiger partial charge in [-0.05, 0) is 25.1 Å². The minimum absolute atomic E-state index is 0.281. The lowest BCUT2D eigenvalue weighted by Gasteiger charge is -2.10. The van der Waals surface area contributed by atoms with E-state index in [2.05, 4.69) is 20.7 Å². The molecule has 0 fully saturated rings. The molecular weight excluding hydrogens is 442 g/mol. The van der Waals surface area contributed by atoms with Crippen LogP contribution in [-0.2, 0) is 16.0 Å². The monoisotopic (exact) mass is 465 g/mol. The second-order valence-corrected chi connectivity index (χ2v) is 8.09. The average Bonchev–Trinajstić information content (AvgIpc) is 3.40. The molecule has 0 spiro atoms. The van der Waals surface area contributed by atoms with Crippen LogP contribution in [0.1, 0.15) is 11.3 Å². The van der Waals surface area contributed by atoms with Crippen molar-refractivity contribution in [1.29, 1.82) is 0 Å². The second-order valence-electron chi connectivity index (χ2n) is 7.26. The number of benzene rings is 2. The molecule has 2 aromatic heterocycles. The van der Waals surface area contributed by atoms with Gasteiger partial charge in [0, 0.05) is 35.7 Å². The number of carbonyl (C=O) groups is 2. The summed E-state index contributed by atoms with van der Waals surface area (Å²) in [4.78, 5) is 29.8. The second kappa shape index (κ2) is 9.70. The maximum atomic E-state index is 12.2. The SMILES string of the molecule is COc1ccc(NC(=O)C(=O)NCCc2csc3nc(-c4cccc(C)c4)nn23)cc1OC. The number of methoxy groups -OCH3 is 2. The van der Waals surface area contributed by atoms with Gasteiger partial charge in [-0.3, -0.25) is 9.59 Å². The topological polar surface area (TPSA) is 107 Å². The zero-order valence-electron chi connectivity index (χ0n) is 18.4. The molecule has 2 aromatic carbocycles. The number of hydrogen-bond donors (Lipinski definition) is 2. The summed E-state index contributed by atoms with van der Waals surface area (Å²) in [7, 11) is 3.02. The Balaban J connectivity index is 1.35. The Hall–Kier alpha value is -3.92. The van der Waals surface area contributed by atoms with Crippen LogP contribution in [0.25, 0.3) is 16.3 Å². The molecule has 2 N–H and O–H groups in total. The summed E-state index contributed by atoms with van der Waals surface area (Å²) < 4.78 is 12.1. The van der Waals surface area contributed by atoms with Gasteiger partial charge in [0.25, 0.3) is 0 Å². The molecule has 0 unspecified atom stereocenters. The summed E-state index contributed by atoms with van der Waals surface area (Å²) in [6, 6.07) is 12.9. The van der Waals surface area contributed by atoms with Crippen LogP contribution in [-0.4, -0.2) is 47.2 Å². The molecule has 0 bridgehead atoms. The Kier molecular flexibility index (Phi) is 6.55. The van der Waals surface area contributed by atoms with Crippen molar-refractivity contribution in [1.82, 2.24) is 19.9 Å². The molecule has 4 rings (SSSR count). The lowest BCUT2D eigenvalue weighted by molar-refractivity contribution is -0.136. The van der Waals surface area contributed by atoms with Gasteiger partial charge in [-0.15, -0.1) is 16.4 Å². The Bertz CT molecular complexity index is 1310. The number of carbonyl (C=O) groups excluding carboxylic acids is 2. The van der Waals surface area contributed by atoms with Crippen LogP contribution >= 0.6 is 11.3 Å². The lowest BCUT2D eigenvalue weighted by atomic mass is 10.1. The number of nitrogens with one attached hydrogen (secondary N) is 2. The lowest BCUT2D eigenvalue weighted by Crippen LogP contribution is -2.36. The van der Waals surface area contributed by atoms with Gasteiger partial charge in [0.2, 0.25) is 4.96 Å². The molecule has 170 valence electrons. The van der Waals surface area contributed by atoms with E-state index in [0.29, 0.717) is 29.4 Å². The van der Waals surface area contributed by atoms with Crippen molar-refractivity contribution in [2.24, 2.45) is 0 Å². The summed E-state index contributed by atoms with van der Waals surface area (Å²) in [5.41, 5.74) is 3.43. The van der Waals surface area contributed by atoms with Crippen molar-refractivity contribution in [3.8, 4) is 22.9 Å². The summed E-state index contributed by atoms with van der Waals surface area (Å²) in [6.45, 7) is 2.31. The Morgan fingerprint density at radius 1 is 1.06 bits per heavy atom. The Labute approximate surface area is 194 Å². The number of aryl methyl sites for hydroxylation is 1. The molecule has 10 heteroatoms. The maximum absolute atomic E-state index is 12.2. The molecule has 33 heavy (non-hydrogen) atoms. The van der Waals surface area contributed by atoms with Crippen molar-refractivity contribution in [2.45, 2.75) is 13.3 Å². The highest BCUT2D eigenvalue weighted by Crippen LogP contribution is 2.29. The molecule has 0 aliphatic rings. The number of aromatic nitrogens is 3. The van der Waals surface area contributed by atoms with E-state index in [9.17, 15) is 9.59 Å². The van der Waals surface area contributed by atoms with Gasteiger partial charge in [0.05, 0.1) is 19.9 Å². The number of rotatable bonds is 7. The minimum Gasteiger partial charge on any atom is -0.493 e. The van der Waals surface area contributed by atoms with Gasteiger partial charge in [0.15, 0.2) is 17.3 Å². The van der Waals surface area contributed by atoms with Crippen molar-refractivity contribution in [3.05, 3.63) is 59.1 Å². The van der Waals surface area contributed by atoms with Crippen LogP contribution in [0.15, 0.2) is 47.8 Å². The fourth-order valence-electron chi connectivity index (χ4n) is 3.29. The third-order valence-electron chi connectivity index (χ3n) is 4.94. The van der Waals surface area contributed by atoms with E-state index in [1.54, 1.807) is 22.7 Å². The molecule has 2 amide bonds. The van der Waals surface area contributed by atoms with E-state index in [1.165, 1.54) is 25.6 Å². The number of hydrogen-bond acceptors (Lipinski definition) is 7. The molecule has 9 nitrogen and oxygen atoms in total. The summed E-state index contributed by atoms with van der Waals surface area (Å²) in [5.74, 6) is 0.149. The third-order valence-corrected chi connectivity index (χ3v) is 5.81. The van der Waals surface area contributed by atoms with Crippen molar-refractivity contribution in [2.75, 3.05) is 26.1 Å². The highest BCUT2D eigenvalue weighted by molar-refractivity contribution is 7.15. The van der Waals surface area contributed by atoms with E-state index in [-0.39, 0.29) is 6.54 Å². The first-order valence-electron chi connectivity index (χ1n) is 10.2. The van der Waals surface area contributed by atoms with E-state index < -0.39 is 11.8 Å². The molecule has 0 saturated carbocycles. The van der Waals surface area contributed by atoms with E-state index >= 15 is 0 Å². The number of anilines is 1. The van der Waals surface area contributed by atoms with E-state index in [0.717, 1.165) is 21.8 Å². The minimum atomic E-state index is -0.764. The maximum Gasteiger partial charge on any atom is 0.313 e. The fourth-order valence-corrected chi connectivity index (χ4v) is 4.15. The smallest absolute Gasteiger partial charge is 0.313 e. The molecule has 0 saturated heterocycles. The Morgan fingerprint density at radius 2 is 1.88 bits per heavy atom. The zero-order valence-corrected chi connectivity index (χ0v) is 19.2. The third kappa shape index (κ3) is 4.96. The molecule has 0 radical (unpaired) electrons. The number of ether oxygens (including phenoxy) is 2. The molecule has 4 aromatic rings. The van der Waals surface area contributed by atoms with Crippen LogP contribution in [0.4, 0.5) is 5.69 Å². The van der Waals surface area contributed by atoms with Crippen molar-refractivity contribution >= 4 is 33.8 Å². The predicted octanol–water partition coefficient (Wildman–Crippen LogP) is 3.08. The number of fused-ring (bicyclic) bond motifs is 1. The fraction of sp³-hybridized carbons (Fsp3) is 0.217. The predicted molar refractivity (Wildman–Crippen MR) is 126 cm³/mol. The van der Waals surface area contributed by atoms with Crippen molar-refractivity contribution < 1.29 is 19.1 Å². The van der Waals surface area contributed by atoms with Gasteiger partial charge in [-0.1, -0.05) is 23.8 Å². The number of thiazole rings is 1. The zero-order chi connectivity index (χ0) is 23.4. The first-order valence-corrected chi connectivity index (χ1v) is 11.1. The highest BCUT2D eigenvalue weighted by atomic mass is 32.1. The van der Waals surface area contributed by atoms with Gasteiger partial charge in [-0.2, -0.15) is 4.98 Å². The van der Waals surface area contributed by atoms with Crippen LogP contribution in [0.3, 0.4) is 0 Å². The van der Waals surface area contributed by atoms with E-state index in [4.69, 9.17) is 9.47 Å². The number of nitrogens with zero attached hydrogens (tertiary/aromatic N) is 3. The summed E-state index contributed by atoms with van der Waals surface area (Å²) >= 11 is 1.48. The highest BCUT2D eigenvalue weighted by Gasteiger charge is 2.16. The Morgan fingerprint density at radius 3 is 2.64 bits per heavy atom. The van der Waals surface area contributed by atoms with E-state index in [1.807, 2.05) is 36.6 Å². The van der Waals surface area contributed by atoms with Crippen LogP contribution in [0, 0.1) is 6.92 Å². The molecule has 0 aliphatic carbocycles. The van der Waals surface area contributed by atoms with Gasteiger partial charge in [-0.25, -0.2) is 4.52 Å². The normalized spacial score (nSPS) is 10.8. The van der Waals surface area contributed by atoms with Gasteiger partial charge in [0.1, 0.15) is 0 Å². The number of amides is 2. The summed E-state index contributed by atoms with van der Waals surface area (Å²) in [5, 5.41) is 11.7. The largest absolute Gasteiger partial charge is 0.493 e. The van der Waals surface area contributed by atoms with Crippen LogP contribution in [0.2, 0.25) is 0 Å². The first-order chi connectivity index (χ1) is 16.0. The first kappa shape index (κ1) is 22.3.